The smallest absolute Gasteiger partial charge is 0.387 e. The van der Waals surface area contributed by atoms with E-state index in [1.807, 2.05) is 6.07 Å². The van der Waals surface area contributed by atoms with E-state index in [2.05, 4.69) is 4.74 Å². The highest BCUT2D eigenvalue weighted by Gasteiger charge is 2.10. The molecule has 0 unspecified atom stereocenters. The van der Waals surface area contributed by atoms with Gasteiger partial charge in [-0.25, -0.2) is 0 Å². The highest BCUT2D eigenvalue weighted by molar-refractivity contribution is 7.07. The first-order valence-electron chi connectivity index (χ1n) is 6.36. The van der Waals surface area contributed by atoms with E-state index in [4.69, 9.17) is 10.00 Å². The lowest BCUT2D eigenvalue weighted by atomic mass is 10.2. The Morgan fingerprint density at radius 2 is 2.13 bits per heavy atom. The second kappa shape index (κ2) is 7.07. The summed E-state index contributed by atoms with van der Waals surface area (Å²) in [4.78, 5) is 12.1. The second-order valence-corrected chi connectivity index (χ2v) is 5.44. The summed E-state index contributed by atoms with van der Waals surface area (Å²) >= 11 is 1.16. The maximum Gasteiger partial charge on any atom is 0.387 e. The third-order valence-corrected chi connectivity index (χ3v) is 4.06. The Morgan fingerprint density at radius 1 is 1.39 bits per heavy atom. The van der Waals surface area contributed by atoms with Crippen molar-refractivity contribution in [3.63, 3.8) is 0 Å². The first-order chi connectivity index (χ1) is 11.0. The van der Waals surface area contributed by atoms with E-state index in [1.165, 1.54) is 36.0 Å². The van der Waals surface area contributed by atoms with Gasteiger partial charge in [-0.1, -0.05) is 6.07 Å². The monoisotopic (exact) mass is 338 g/mol. The predicted octanol–water partition coefficient (Wildman–Crippen LogP) is 1.19. The lowest BCUT2D eigenvalue weighted by Gasteiger charge is -2.09. The average molecular weight is 338 g/mol. The van der Waals surface area contributed by atoms with Gasteiger partial charge in [-0.15, -0.1) is 11.3 Å². The topological polar surface area (TPSA) is 64.2 Å². The maximum atomic E-state index is 12.3. The first-order valence-corrected chi connectivity index (χ1v) is 7.18. The van der Waals surface area contributed by atoms with Crippen molar-refractivity contribution in [2.24, 2.45) is 7.05 Å². The zero-order valence-corrected chi connectivity index (χ0v) is 13.1. The Labute approximate surface area is 133 Å². The Morgan fingerprint density at radius 3 is 2.74 bits per heavy atom. The lowest BCUT2D eigenvalue weighted by molar-refractivity contribution is -0.0512. The van der Waals surface area contributed by atoms with Gasteiger partial charge in [-0.3, -0.25) is 4.79 Å². The molecule has 0 radical (unpaired) electrons. The number of thiazole rings is 1. The number of methoxy groups -OCH3 is 1. The Kier molecular flexibility index (Phi) is 5.13. The molecule has 5 nitrogen and oxygen atoms in total. The molecule has 1 aromatic heterocycles. The van der Waals surface area contributed by atoms with Gasteiger partial charge in [-0.2, -0.15) is 14.0 Å². The molecule has 8 heteroatoms. The number of nitriles is 1. The average Bonchev–Trinajstić information content (AvgIpc) is 2.77. The van der Waals surface area contributed by atoms with E-state index in [0.717, 1.165) is 11.3 Å². The van der Waals surface area contributed by atoms with Crippen molar-refractivity contribution < 1.29 is 18.3 Å². The fourth-order valence-corrected chi connectivity index (χ4v) is 2.86. The normalized spacial score (nSPS) is 12.5. The minimum atomic E-state index is -2.95. The molecule has 120 valence electrons. The number of aromatic nitrogens is 1. The molecule has 1 aromatic carbocycles. The molecule has 0 amide bonds. The van der Waals surface area contributed by atoms with E-state index in [-0.39, 0.29) is 17.1 Å². The van der Waals surface area contributed by atoms with Crippen molar-refractivity contribution in [3.8, 4) is 17.6 Å². The van der Waals surface area contributed by atoms with Crippen molar-refractivity contribution in [3.05, 3.63) is 43.3 Å². The van der Waals surface area contributed by atoms with Gasteiger partial charge in [0.15, 0.2) is 11.5 Å². The van der Waals surface area contributed by atoms with Crippen LogP contribution in [0.3, 0.4) is 0 Å². The molecule has 0 N–H and O–H groups in total. The molecular formula is C15H12F2N2O3S. The van der Waals surface area contributed by atoms with E-state index < -0.39 is 6.61 Å². The summed E-state index contributed by atoms with van der Waals surface area (Å²) in [5, 5.41) is 8.69. The first kappa shape index (κ1) is 16.7. The van der Waals surface area contributed by atoms with Gasteiger partial charge in [0.05, 0.1) is 17.7 Å². The number of hydrogen-bond donors (Lipinski definition) is 0. The van der Waals surface area contributed by atoms with Crippen molar-refractivity contribution in [2.75, 3.05) is 7.11 Å². The summed E-state index contributed by atoms with van der Waals surface area (Å²) in [6.45, 7) is -2.95. The van der Waals surface area contributed by atoms with Gasteiger partial charge >= 0.3 is 6.61 Å². The minimum absolute atomic E-state index is 0.0859. The Balaban J connectivity index is 2.53. The molecule has 0 aliphatic rings. The number of alkyl halides is 2. The van der Waals surface area contributed by atoms with Gasteiger partial charge < -0.3 is 14.0 Å². The van der Waals surface area contributed by atoms with Crippen LogP contribution in [0.5, 0.6) is 11.5 Å². The van der Waals surface area contributed by atoms with Crippen LogP contribution >= 0.6 is 11.3 Å². The molecule has 23 heavy (non-hydrogen) atoms. The van der Waals surface area contributed by atoms with Gasteiger partial charge in [0.25, 0.3) is 5.56 Å². The predicted molar refractivity (Wildman–Crippen MR) is 82.1 cm³/mol. The Hall–Kier alpha value is -2.66. The van der Waals surface area contributed by atoms with Crippen LogP contribution in [-0.4, -0.2) is 18.3 Å². The van der Waals surface area contributed by atoms with E-state index >= 15 is 0 Å². The maximum absolute atomic E-state index is 12.3. The lowest BCUT2D eigenvalue weighted by Crippen LogP contribution is -2.28. The van der Waals surface area contributed by atoms with Crippen LogP contribution in [0.2, 0.25) is 0 Å². The number of benzene rings is 1. The van der Waals surface area contributed by atoms with Gasteiger partial charge in [0.2, 0.25) is 0 Å². The van der Waals surface area contributed by atoms with Crippen LogP contribution in [0.4, 0.5) is 8.78 Å². The van der Waals surface area contributed by atoms with E-state index in [9.17, 15) is 13.6 Å². The molecule has 0 saturated heterocycles. The molecule has 0 fully saturated rings. The molecule has 2 rings (SSSR count). The summed E-state index contributed by atoms with van der Waals surface area (Å²) in [5.41, 5.74) is 0.342. The molecule has 1 heterocycles. The number of nitrogens with zero attached hydrogens (tertiary/aromatic N) is 2. The van der Waals surface area contributed by atoms with Crippen LogP contribution in [0.15, 0.2) is 23.0 Å². The molecule has 0 atom stereocenters. The van der Waals surface area contributed by atoms with E-state index in [0.29, 0.717) is 14.8 Å². The highest BCUT2D eigenvalue weighted by atomic mass is 32.1. The van der Waals surface area contributed by atoms with Crippen molar-refractivity contribution in [1.29, 1.82) is 5.26 Å². The van der Waals surface area contributed by atoms with Gasteiger partial charge in [-0.05, 0) is 23.8 Å². The van der Waals surface area contributed by atoms with Crippen LogP contribution in [0, 0.1) is 11.3 Å². The molecule has 0 spiro atoms. The summed E-state index contributed by atoms with van der Waals surface area (Å²) in [6, 6.07) is 6.25. The number of hydrogen-bond acceptors (Lipinski definition) is 5. The van der Waals surface area contributed by atoms with Crippen molar-refractivity contribution >= 4 is 23.5 Å². The SMILES string of the molecule is COc1cc(/C=c2\s/c(=C\C#N)n(C)c2=O)ccc1OC(F)F. The number of ether oxygens (including phenoxy) is 2. The second-order valence-electron chi connectivity index (χ2n) is 4.38. The van der Waals surface area contributed by atoms with E-state index in [1.54, 1.807) is 13.1 Å². The van der Waals surface area contributed by atoms with Crippen molar-refractivity contribution in [2.45, 2.75) is 6.61 Å². The summed E-state index contributed by atoms with van der Waals surface area (Å²) in [7, 11) is 2.90. The molecule has 0 saturated carbocycles. The Bertz CT molecular complexity index is 926. The highest BCUT2D eigenvalue weighted by Crippen LogP contribution is 2.29. The van der Waals surface area contributed by atoms with Gasteiger partial charge in [0, 0.05) is 13.1 Å². The zero-order valence-electron chi connectivity index (χ0n) is 12.2. The molecule has 2 aromatic rings. The van der Waals surface area contributed by atoms with Gasteiger partial charge in [0.1, 0.15) is 4.66 Å². The third kappa shape index (κ3) is 3.76. The van der Waals surface area contributed by atoms with Crippen LogP contribution in [0.25, 0.3) is 12.2 Å². The molecule has 0 bridgehead atoms. The van der Waals surface area contributed by atoms with Crippen molar-refractivity contribution in [1.82, 2.24) is 4.57 Å². The van der Waals surface area contributed by atoms with Crippen LogP contribution in [-0.2, 0) is 7.05 Å². The molecule has 0 aliphatic carbocycles. The summed E-state index contributed by atoms with van der Waals surface area (Å²) < 4.78 is 36.3. The summed E-state index contributed by atoms with van der Waals surface area (Å²) in [6.07, 6.45) is 2.87. The summed E-state index contributed by atoms with van der Waals surface area (Å²) in [5.74, 6) is 0.0495. The third-order valence-electron chi connectivity index (χ3n) is 2.95. The number of halogens is 2. The fraction of sp³-hybridized carbons (Fsp3) is 0.200. The standard InChI is InChI=1S/C15H12F2N2O3S/c1-19-13(5-6-18)23-12(14(19)20)8-9-3-4-10(22-15(16)17)11(7-9)21-2/h3-5,7-8,15H,1-2H3/b12-8-,13-5-. The largest absolute Gasteiger partial charge is 0.493 e. The quantitative estimate of drug-likeness (QED) is 0.840. The fourth-order valence-electron chi connectivity index (χ4n) is 1.88. The molecular weight excluding hydrogens is 326 g/mol. The zero-order chi connectivity index (χ0) is 17.0. The van der Waals surface area contributed by atoms with Crippen LogP contribution < -0.4 is 24.2 Å². The molecule has 0 aliphatic heterocycles. The minimum Gasteiger partial charge on any atom is -0.493 e. The van der Waals surface area contributed by atoms with Crippen LogP contribution in [0.1, 0.15) is 5.56 Å². The number of rotatable bonds is 4.